The lowest BCUT2D eigenvalue weighted by atomic mass is 9.61. The molecular weight excluding hydrogens is 258 g/mol. The van der Waals surface area contributed by atoms with Gasteiger partial charge in [0.2, 0.25) is 0 Å². The third-order valence-electron chi connectivity index (χ3n) is 5.56. The average Bonchev–Trinajstić information content (AvgIpc) is 2.45. The highest BCUT2D eigenvalue weighted by Crippen LogP contribution is 2.47. The van der Waals surface area contributed by atoms with Crippen molar-refractivity contribution in [3.05, 3.63) is 41.0 Å². The second-order valence-electron chi connectivity index (χ2n) is 7.29. The van der Waals surface area contributed by atoms with E-state index in [1.54, 1.807) is 0 Å². The summed E-state index contributed by atoms with van der Waals surface area (Å²) in [5, 5.41) is 9.87. The van der Waals surface area contributed by atoms with Crippen molar-refractivity contribution in [3.63, 3.8) is 0 Å². The molecule has 1 aliphatic carbocycles. The Bertz CT molecular complexity index is 559. The summed E-state index contributed by atoms with van der Waals surface area (Å²) >= 11 is 0. The van der Waals surface area contributed by atoms with Gasteiger partial charge < -0.3 is 5.11 Å². The number of hydrogen-bond donors (Lipinski definition) is 1. The molecule has 2 aliphatic rings. The van der Waals surface area contributed by atoms with Crippen molar-refractivity contribution in [1.82, 2.24) is 4.90 Å². The number of aryl methyl sites for hydroxylation is 1. The van der Waals surface area contributed by atoms with Crippen molar-refractivity contribution in [2.24, 2.45) is 5.92 Å². The van der Waals surface area contributed by atoms with E-state index in [4.69, 9.17) is 0 Å². The molecule has 1 heterocycles. The van der Waals surface area contributed by atoms with Gasteiger partial charge in [-0.05, 0) is 74.2 Å². The van der Waals surface area contributed by atoms with E-state index >= 15 is 0 Å². The lowest BCUT2D eigenvalue weighted by Gasteiger charge is -2.49. The monoisotopic (exact) mass is 285 g/mol. The zero-order valence-electron chi connectivity index (χ0n) is 13.5. The van der Waals surface area contributed by atoms with Crippen LogP contribution in [0.5, 0.6) is 5.75 Å². The second kappa shape index (κ2) is 5.49. The number of nitrogens with zero attached hydrogens (tertiary/aromatic N) is 1. The van der Waals surface area contributed by atoms with Crippen LogP contribution >= 0.6 is 0 Å². The minimum atomic E-state index is 0.244. The molecule has 0 radical (unpaired) electrons. The number of likely N-dealkylation sites (tertiary alicyclic amines) is 1. The lowest BCUT2D eigenvalue weighted by Crippen LogP contribution is -2.50. The Morgan fingerprint density at radius 1 is 1.43 bits per heavy atom. The van der Waals surface area contributed by atoms with Gasteiger partial charge in [0.15, 0.2) is 0 Å². The summed E-state index contributed by atoms with van der Waals surface area (Å²) in [4.78, 5) is 2.59. The van der Waals surface area contributed by atoms with E-state index in [0.717, 1.165) is 19.5 Å². The fourth-order valence-corrected chi connectivity index (χ4v) is 4.08. The van der Waals surface area contributed by atoms with Crippen molar-refractivity contribution in [3.8, 4) is 5.75 Å². The smallest absolute Gasteiger partial charge is 0.115 e. The summed E-state index contributed by atoms with van der Waals surface area (Å²) in [6.07, 6.45) is 5.97. The Morgan fingerprint density at radius 3 is 3.00 bits per heavy atom. The van der Waals surface area contributed by atoms with Crippen LogP contribution in [-0.2, 0) is 11.8 Å². The molecule has 0 aromatic heterocycles. The van der Waals surface area contributed by atoms with Crippen LogP contribution in [0, 0.1) is 5.92 Å². The van der Waals surface area contributed by atoms with Gasteiger partial charge in [-0.25, -0.2) is 0 Å². The van der Waals surface area contributed by atoms with Gasteiger partial charge >= 0.3 is 0 Å². The molecule has 0 spiro atoms. The molecule has 114 valence electrons. The second-order valence-corrected chi connectivity index (χ2v) is 7.29. The van der Waals surface area contributed by atoms with E-state index in [0.29, 0.717) is 11.7 Å². The molecule has 1 N–H and O–H groups in total. The molecule has 2 nitrogen and oxygen atoms in total. The summed E-state index contributed by atoms with van der Waals surface area (Å²) in [5.74, 6) is 1.13. The molecule has 2 heteroatoms. The standard InChI is InChI=1S/C19H27NO/c1-14(2)8-10-20-11-9-19(3)16(13-20)6-4-15-5-7-17(21)12-18(15)19/h5,7-8,12,16,21H,4,6,9-11,13H2,1-3H3/t16-,19-/m1/s1. The van der Waals surface area contributed by atoms with Crippen LogP contribution in [0.4, 0.5) is 0 Å². The van der Waals surface area contributed by atoms with Crippen molar-refractivity contribution in [2.75, 3.05) is 19.6 Å². The number of piperidine rings is 1. The quantitative estimate of drug-likeness (QED) is 0.833. The summed E-state index contributed by atoms with van der Waals surface area (Å²) < 4.78 is 0. The molecular formula is C19H27NO. The summed E-state index contributed by atoms with van der Waals surface area (Å²) in [7, 11) is 0. The third kappa shape index (κ3) is 2.74. The Hall–Kier alpha value is -1.28. The van der Waals surface area contributed by atoms with Crippen LogP contribution in [0.3, 0.4) is 0 Å². The number of phenolic OH excluding ortho intramolecular Hbond substituents is 1. The maximum Gasteiger partial charge on any atom is 0.115 e. The summed E-state index contributed by atoms with van der Waals surface area (Å²) in [6.45, 7) is 10.2. The fourth-order valence-electron chi connectivity index (χ4n) is 4.08. The SMILES string of the molecule is CC(C)=CCN1CC[C@@]2(C)c3cc(O)ccc3CC[C@@H]2C1. The van der Waals surface area contributed by atoms with Crippen LogP contribution in [0.1, 0.15) is 44.7 Å². The minimum Gasteiger partial charge on any atom is -0.508 e. The fraction of sp³-hybridized carbons (Fsp3) is 0.579. The minimum absolute atomic E-state index is 0.244. The first-order valence-corrected chi connectivity index (χ1v) is 8.17. The Labute approximate surface area is 128 Å². The number of hydrogen-bond acceptors (Lipinski definition) is 2. The van der Waals surface area contributed by atoms with Crippen LogP contribution in [-0.4, -0.2) is 29.6 Å². The lowest BCUT2D eigenvalue weighted by molar-refractivity contribution is 0.0956. The van der Waals surface area contributed by atoms with Crippen LogP contribution in [0.2, 0.25) is 0 Å². The average molecular weight is 285 g/mol. The van der Waals surface area contributed by atoms with Gasteiger partial charge in [-0.2, -0.15) is 0 Å². The van der Waals surface area contributed by atoms with Gasteiger partial charge in [-0.1, -0.05) is 24.6 Å². The van der Waals surface area contributed by atoms with Crippen molar-refractivity contribution >= 4 is 0 Å². The molecule has 0 bridgehead atoms. The highest BCUT2D eigenvalue weighted by molar-refractivity contribution is 5.42. The number of fused-ring (bicyclic) bond motifs is 3. The molecule has 2 atom stereocenters. The number of allylic oxidation sites excluding steroid dienone is 1. The van der Waals surface area contributed by atoms with E-state index < -0.39 is 0 Å². The molecule has 1 aromatic carbocycles. The zero-order chi connectivity index (χ0) is 15.0. The zero-order valence-corrected chi connectivity index (χ0v) is 13.5. The normalized spacial score (nSPS) is 28.6. The Kier molecular flexibility index (Phi) is 3.83. The van der Waals surface area contributed by atoms with E-state index in [1.165, 1.54) is 36.1 Å². The molecule has 1 saturated heterocycles. The maximum absolute atomic E-state index is 9.87. The topological polar surface area (TPSA) is 23.5 Å². The van der Waals surface area contributed by atoms with Crippen LogP contribution in [0.15, 0.2) is 29.8 Å². The molecule has 1 aliphatic heterocycles. The molecule has 3 rings (SSSR count). The predicted molar refractivity (Wildman–Crippen MR) is 87.8 cm³/mol. The van der Waals surface area contributed by atoms with Crippen molar-refractivity contribution in [1.29, 1.82) is 0 Å². The molecule has 21 heavy (non-hydrogen) atoms. The van der Waals surface area contributed by atoms with Gasteiger partial charge in [0.1, 0.15) is 5.75 Å². The molecule has 0 saturated carbocycles. The van der Waals surface area contributed by atoms with Gasteiger partial charge in [-0.15, -0.1) is 0 Å². The Balaban J connectivity index is 1.82. The Morgan fingerprint density at radius 2 is 2.24 bits per heavy atom. The van der Waals surface area contributed by atoms with Gasteiger partial charge in [0.05, 0.1) is 0 Å². The molecule has 0 amide bonds. The number of benzene rings is 1. The summed E-state index contributed by atoms with van der Waals surface area (Å²) in [5.41, 5.74) is 4.50. The van der Waals surface area contributed by atoms with E-state index in [-0.39, 0.29) is 5.41 Å². The van der Waals surface area contributed by atoms with Gasteiger partial charge in [0.25, 0.3) is 0 Å². The van der Waals surface area contributed by atoms with Gasteiger partial charge in [-0.3, -0.25) is 4.90 Å². The first-order chi connectivity index (χ1) is 9.99. The number of rotatable bonds is 2. The van der Waals surface area contributed by atoms with Crippen molar-refractivity contribution in [2.45, 2.75) is 45.4 Å². The van der Waals surface area contributed by atoms with E-state index in [9.17, 15) is 5.11 Å². The molecule has 1 fully saturated rings. The largest absolute Gasteiger partial charge is 0.508 e. The number of phenols is 1. The first-order valence-electron chi connectivity index (χ1n) is 8.17. The third-order valence-corrected chi connectivity index (χ3v) is 5.56. The summed E-state index contributed by atoms with van der Waals surface area (Å²) in [6, 6.07) is 5.99. The molecule has 0 unspecified atom stereocenters. The number of aromatic hydroxyl groups is 1. The highest BCUT2D eigenvalue weighted by atomic mass is 16.3. The predicted octanol–water partition coefficient (Wildman–Crippen LogP) is 3.88. The van der Waals surface area contributed by atoms with Gasteiger partial charge in [0, 0.05) is 13.1 Å². The van der Waals surface area contributed by atoms with Crippen LogP contribution < -0.4 is 0 Å². The first kappa shape index (κ1) is 14.6. The molecule has 1 aromatic rings. The highest BCUT2D eigenvalue weighted by Gasteiger charge is 2.43. The van der Waals surface area contributed by atoms with E-state index in [1.807, 2.05) is 12.1 Å². The van der Waals surface area contributed by atoms with Crippen LogP contribution in [0.25, 0.3) is 0 Å². The maximum atomic E-state index is 9.87. The van der Waals surface area contributed by atoms with Crippen molar-refractivity contribution < 1.29 is 5.11 Å². The van der Waals surface area contributed by atoms with E-state index in [2.05, 4.69) is 37.8 Å².